The zero-order chi connectivity index (χ0) is 12.0. The molecule has 0 aliphatic heterocycles. The van der Waals surface area contributed by atoms with Gasteiger partial charge in [-0.2, -0.15) is 0 Å². The third-order valence-electron chi connectivity index (χ3n) is 3.27. The summed E-state index contributed by atoms with van der Waals surface area (Å²) >= 11 is 0. The van der Waals surface area contributed by atoms with Crippen LogP contribution in [0.15, 0.2) is 12.7 Å². The quantitative estimate of drug-likeness (QED) is 0.542. The highest BCUT2D eigenvalue weighted by atomic mass is 16.3. The Bertz CT molecular complexity index is 298. The van der Waals surface area contributed by atoms with Gasteiger partial charge in [-0.3, -0.25) is 4.79 Å². The molecule has 1 aliphatic rings. The zero-order valence-corrected chi connectivity index (χ0v) is 9.54. The van der Waals surface area contributed by atoms with E-state index < -0.39 is 6.04 Å². The Kier molecular flexibility index (Phi) is 4.57. The SMILES string of the molecule is C#CC(CO)NC(=O)C1(CC=C)CCCC1. The third-order valence-corrected chi connectivity index (χ3v) is 3.27. The van der Waals surface area contributed by atoms with Gasteiger partial charge in [0.15, 0.2) is 0 Å². The van der Waals surface area contributed by atoms with E-state index in [2.05, 4.69) is 17.8 Å². The monoisotopic (exact) mass is 221 g/mol. The van der Waals surface area contributed by atoms with Gasteiger partial charge in [0.1, 0.15) is 6.04 Å². The van der Waals surface area contributed by atoms with Crippen LogP contribution in [0.1, 0.15) is 32.1 Å². The number of carbonyl (C=O) groups excluding carboxylic acids is 1. The largest absolute Gasteiger partial charge is 0.393 e. The first kappa shape index (κ1) is 12.8. The number of aliphatic hydroxyl groups is 1. The molecular weight excluding hydrogens is 202 g/mol. The molecule has 1 unspecified atom stereocenters. The van der Waals surface area contributed by atoms with Gasteiger partial charge in [0.2, 0.25) is 5.91 Å². The lowest BCUT2D eigenvalue weighted by atomic mass is 9.81. The molecule has 0 radical (unpaired) electrons. The van der Waals surface area contributed by atoms with E-state index in [9.17, 15) is 4.79 Å². The van der Waals surface area contributed by atoms with E-state index >= 15 is 0 Å². The third kappa shape index (κ3) is 2.65. The molecule has 1 aliphatic carbocycles. The van der Waals surface area contributed by atoms with Crippen molar-refractivity contribution in [3.8, 4) is 12.3 Å². The minimum atomic E-state index is -0.574. The fourth-order valence-electron chi connectivity index (χ4n) is 2.30. The number of aliphatic hydroxyl groups excluding tert-OH is 1. The first-order valence-corrected chi connectivity index (χ1v) is 5.67. The summed E-state index contributed by atoms with van der Waals surface area (Å²) in [7, 11) is 0. The van der Waals surface area contributed by atoms with E-state index in [0.717, 1.165) is 25.7 Å². The number of carbonyl (C=O) groups is 1. The number of allylic oxidation sites excluding steroid dienone is 1. The Hall–Kier alpha value is -1.27. The second kappa shape index (κ2) is 5.72. The Balaban J connectivity index is 2.68. The van der Waals surface area contributed by atoms with E-state index in [4.69, 9.17) is 11.5 Å². The average molecular weight is 221 g/mol. The molecule has 1 amide bonds. The first-order valence-electron chi connectivity index (χ1n) is 5.67. The first-order chi connectivity index (χ1) is 7.68. The van der Waals surface area contributed by atoms with Gasteiger partial charge in [0, 0.05) is 0 Å². The van der Waals surface area contributed by atoms with Crippen molar-refractivity contribution in [3.05, 3.63) is 12.7 Å². The molecule has 0 saturated heterocycles. The molecule has 0 heterocycles. The summed E-state index contributed by atoms with van der Waals surface area (Å²) in [5.74, 6) is 2.32. The van der Waals surface area contributed by atoms with Gasteiger partial charge in [-0.05, 0) is 19.3 Å². The molecule has 1 rings (SSSR count). The molecule has 3 heteroatoms. The summed E-state index contributed by atoms with van der Waals surface area (Å²) in [4.78, 5) is 12.1. The summed E-state index contributed by atoms with van der Waals surface area (Å²) < 4.78 is 0. The van der Waals surface area contributed by atoms with Crippen LogP contribution < -0.4 is 5.32 Å². The highest BCUT2D eigenvalue weighted by Gasteiger charge is 2.40. The smallest absolute Gasteiger partial charge is 0.227 e. The highest BCUT2D eigenvalue weighted by molar-refractivity contribution is 5.83. The van der Waals surface area contributed by atoms with Gasteiger partial charge in [-0.15, -0.1) is 13.0 Å². The van der Waals surface area contributed by atoms with Crippen LogP contribution in [0.2, 0.25) is 0 Å². The van der Waals surface area contributed by atoms with E-state index in [1.54, 1.807) is 6.08 Å². The Morgan fingerprint density at radius 2 is 2.25 bits per heavy atom. The van der Waals surface area contributed by atoms with Crippen molar-refractivity contribution >= 4 is 5.91 Å². The number of hydrogen-bond donors (Lipinski definition) is 2. The Morgan fingerprint density at radius 1 is 1.62 bits per heavy atom. The van der Waals surface area contributed by atoms with Crippen LogP contribution >= 0.6 is 0 Å². The van der Waals surface area contributed by atoms with Crippen LogP contribution in [0.25, 0.3) is 0 Å². The molecule has 3 nitrogen and oxygen atoms in total. The zero-order valence-electron chi connectivity index (χ0n) is 9.54. The highest BCUT2D eigenvalue weighted by Crippen LogP contribution is 2.41. The number of rotatable bonds is 5. The van der Waals surface area contributed by atoms with Crippen LogP contribution in [-0.4, -0.2) is 23.7 Å². The summed E-state index contributed by atoms with van der Waals surface area (Å²) in [6.45, 7) is 3.49. The van der Waals surface area contributed by atoms with Gasteiger partial charge < -0.3 is 10.4 Å². The molecule has 0 bridgehead atoms. The van der Waals surface area contributed by atoms with E-state index in [0.29, 0.717) is 6.42 Å². The molecule has 0 spiro atoms. The molecular formula is C13H19NO2. The van der Waals surface area contributed by atoms with Crippen LogP contribution in [0.4, 0.5) is 0 Å². The molecule has 1 fully saturated rings. The van der Waals surface area contributed by atoms with Gasteiger partial charge in [-0.1, -0.05) is 24.8 Å². The minimum absolute atomic E-state index is 0.0399. The van der Waals surface area contributed by atoms with Crippen LogP contribution in [-0.2, 0) is 4.79 Å². The Morgan fingerprint density at radius 3 is 2.69 bits per heavy atom. The second-order valence-corrected chi connectivity index (χ2v) is 4.36. The van der Waals surface area contributed by atoms with Crippen molar-refractivity contribution in [2.75, 3.05) is 6.61 Å². The predicted molar refractivity (Wildman–Crippen MR) is 63.6 cm³/mol. The van der Waals surface area contributed by atoms with Crippen molar-refractivity contribution in [1.29, 1.82) is 0 Å². The van der Waals surface area contributed by atoms with Crippen LogP contribution in [0.5, 0.6) is 0 Å². The average Bonchev–Trinajstić information content (AvgIpc) is 2.76. The molecule has 1 atom stereocenters. The lowest BCUT2D eigenvalue weighted by molar-refractivity contribution is -0.131. The number of hydrogen-bond acceptors (Lipinski definition) is 2. The second-order valence-electron chi connectivity index (χ2n) is 4.36. The lowest BCUT2D eigenvalue weighted by Crippen LogP contribution is -2.45. The molecule has 0 aromatic rings. The molecule has 1 saturated carbocycles. The van der Waals surface area contributed by atoms with Gasteiger partial charge in [0.25, 0.3) is 0 Å². The summed E-state index contributed by atoms with van der Waals surface area (Å²) in [5, 5.41) is 11.7. The molecule has 0 aromatic carbocycles. The molecule has 88 valence electrons. The Labute approximate surface area is 96.9 Å². The van der Waals surface area contributed by atoms with Crippen molar-refractivity contribution in [2.24, 2.45) is 5.41 Å². The summed E-state index contributed by atoms with van der Waals surface area (Å²) in [6, 6.07) is -0.574. The maximum absolute atomic E-state index is 12.1. The number of terminal acetylenes is 1. The fourth-order valence-corrected chi connectivity index (χ4v) is 2.30. The minimum Gasteiger partial charge on any atom is -0.393 e. The van der Waals surface area contributed by atoms with Crippen molar-refractivity contribution in [2.45, 2.75) is 38.1 Å². The van der Waals surface area contributed by atoms with Crippen LogP contribution in [0, 0.1) is 17.8 Å². The normalized spacial score (nSPS) is 19.8. The van der Waals surface area contributed by atoms with E-state index in [1.807, 2.05) is 0 Å². The summed E-state index contributed by atoms with van der Waals surface area (Å²) in [6.07, 6.45) is 11.6. The number of amides is 1. The maximum Gasteiger partial charge on any atom is 0.227 e. The number of nitrogens with one attached hydrogen (secondary N) is 1. The van der Waals surface area contributed by atoms with Crippen molar-refractivity contribution < 1.29 is 9.90 Å². The standard InChI is InChI=1S/C13H19NO2/c1-3-7-13(8-5-6-9-13)12(16)14-11(4-2)10-15/h2-3,11,15H,1,5-10H2,(H,14,16). The van der Waals surface area contributed by atoms with Gasteiger partial charge >= 0.3 is 0 Å². The maximum atomic E-state index is 12.1. The van der Waals surface area contributed by atoms with Gasteiger partial charge in [0.05, 0.1) is 12.0 Å². The molecule has 16 heavy (non-hydrogen) atoms. The lowest BCUT2D eigenvalue weighted by Gasteiger charge is -2.27. The van der Waals surface area contributed by atoms with Crippen molar-refractivity contribution in [3.63, 3.8) is 0 Å². The van der Waals surface area contributed by atoms with Gasteiger partial charge in [-0.25, -0.2) is 0 Å². The molecule has 2 N–H and O–H groups in total. The predicted octanol–water partition coefficient (Wildman–Crippen LogP) is 1.23. The van der Waals surface area contributed by atoms with E-state index in [-0.39, 0.29) is 17.9 Å². The fraction of sp³-hybridized carbons (Fsp3) is 0.615. The van der Waals surface area contributed by atoms with E-state index in [1.165, 1.54) is 0 Å². The van der Waals surface area contributed by atoms with Crippen molar-refractivity contribution in [1.82, 2.24) is 5.32 Å². The summed E-state index contributed by atoms with van der Waals surface area (Å²) in [5.41, 5.74) is -0.341. The topological polar surface area (TPSA) is 49.3 Å². The molecule has 0 aromatic heterocycles. The van der Waals surface area contributed by atoms with Crippen LogP contribution in [0.3, 0.4) is 0 Å².